The van der Waals surface area contributed by atoms with Crippen molar-refractivity contribution in [2.75, 3.05) is 67.5 Å². The molecule has 0 aliphatic rings. The maximum Gasteiger partial charge on any atom is 4.00 e. The van der Waals surface area contributed by atoms with Crippen LogP contribution in [0.5, 0.6) is 0 Å². The van der Waals surface area contributed by atoms with Crippen LogP contribution in [0.25, 0.3) is 0 Å². The first-order valence-electron chi connectivity index (χ1n) is 15.3. The van der Waals surface area contributed by atoms with Gasteiger partial charge in [-0.05, 0) is 74.5 Å². The molecule has 4 rings (SSSR count). The molecular formula is C38H58N6O24Pd2V6-8. The van der Waals surface area contributed by atoms with Crippen molar-refractivity contribution in [3.63, 3.8) is 0 Å². The molecule has 76 heavy (non-hydrogen) atoms. The molecule has 0 aliphatic carbocycles. The Bertz CT molecular complexity index is 1220. The molecule has 0 unspecified atom stereocenters. The molecule has 38 heteroatoms. The fourth-order valence-electron chi connectivity index (χ4n) is 2.58. The maximum atomic E-state index is 9.98. The molecule has 0 aromatic carbocycles. The number of pyridine rings is 4. The van der Waals surface area contributed by atoms with Crippen molar-refractivity contribution < 1.29 is 279 Å². The first-order valence-corrected chi connectivity index (χ1v) is 15.3. The average Bonchev–Trinajstić information content (AvgIpc) is 3.25. The molecule has 0 fully saturated rings. The average molecular weight is 1500 g/mol. The molecule has 4 N–H and O–H groups in total. The number of rotatable bonds is 6. The molecule has 0 saturated heterocycles. The summed E-state index contributed by atoms with van der Waals surface area (Å²) in [5, 5.41) is 92.1. The molecular weight excluding hydrogens is 1440 g/mol. The minimum absolute atomic E-state index is 0. The van der Waals surface area contributed by atoms with E-state index in [9.17, 15) is 19.8 Å². The van der Waals surface area contributed by atoms with Gasteiger partial charge in [-0.25, -0.2) is 19.9 Å². The van der Waals surface area contributed by atoms with E-state index < -0.39 is 0 Å². The molecule has 30 nitrogen and oxygen atoms in total. The number of carbonyl (C=O) groups excluding carboxylic acids is 2. The summed E-state index contributed by atoms with van der Waals surface area (Å²) in [6, 6.07) is 22.8. The number of aromatic nitrogens is 4. The van der Waals surface area contributed by atoms with Crippen LogP contribution in [-0.2, 0) is 222 Å². The van der Waals surface area contributed by atoms with E-state index in [-0.39, 0.29) is 241 Å². The first-order chi connectivity index (χ1) is 27.2. The third kappa shape index (κ3) is 171. The van der Waals surface area contributed by atoms with Crippen LogP contribution < -0.4 is 61.7 Å². The fraction of sp³-hybridized carbons (Fsp3) is 0.316. The molecule has 0 saturated carbocycles. The van der Waals surface area contributed by atoms with Crippen molar-refractivity contribution >= 4 is 34.8 Å². The molecule has 4 aromatic heterocycles. The number of allylic oxidation sites excluding steroid dienone is 4. The van der Waals surface area contributed by atoms with Crippen LogP contribution in [0.1, 0.15) is 27.7 Å². The number of carbonyl (C=O) groups is 2. The number of hydrogen-bond donors (Lipinski definition) is 2. The largest absolute Gasteiger partial charge is 4.00 e. The molecule has 0 spiro atoms. The quantitative estimate of drug-likeness (QED) is 0.103. The van der Waals surface area contributed by atoms with Gasteiger partial charge in [0, 0.05) is 65.6 Å². The summed E-state index contributed by atoms with van der Waals surface area (Å²) in [6.45, 7) is 5.39. The van der Waals surface area contributed by atoms with Crippen LogP contribution in [0.3, 0.4) is 0 Å². The van der Waals surface area contributed by atoms with Crippen LogP contribution in [0.4, 0.5) is 23.3 Å². The van der Waals surface area contributed by atoms with Gasteiger partial charge >= 0.3 is 111 Å². The molecule has 4 aromatic rings. The minimum Gasteiger partial charge on any atom is -2.00 e. The van der Waals surface area contributed by atoms with Crippen molar-refractivity contribution in [3.05, 3.63) is 121 Å². The Hall–Kier alpha value is -1.35. The molecule has 4 heterocycles. The van der Waals surface area contributed by atoms with Gasteiger partial charge in [0.25, 0.3) is 0 Å². The molecule has 0 amide bonds. The maximum absolute atomic E-state index is 9.98. The van der Waals surface area contributed by atoms with E-state index >= 15 is 0 Å². The molecule has 6 radical (unpaired) electrons. The van der Waals surface area contributed by atoms with Gasteiger partial charge < -0.3 is 127 Å². The summed E-state index contributed by atoms with van der Waals surface area (Å²) < 4.78 is 0. The summed E-state index contributed by atoms with van der Waals surface area (Å²) in [4.78, 5) is 36.4. The van der Waals surface area contributed by atoms with Crippen LogP contribution in [0, 0.1) is 0 Å². The third-order valence-electron chi connectivity index (χ3n) is 3.98. The van der Waals surface area contributed by atoms with Crippen molar-refractivity contribution in [2.24, 2.45) is 0 Å². The minimum atomic E-state index is -0.187. The Morgan fingerprint density at radius 1 is 0.342 bits per heavy atom. The summed E-state index contributed by atoms with van der Waals surface area (Å²) >= 11 is 0. The smallest absolute Gasteiger partial charge is 2.00 e. The van der Waals surface area contributed by atoms with Gasteiger partial charge in [0.05, 0.1) is 0 Å². The van der Waals surface area contributed by atoms with Crippen molar-refractivity contribution in [3.8, 4) is 0 Å². The summed E-state index contributed by atoms with van der Waals surface area (Å²) in [7, 11) is 6.00. The van der Waals surface area contributed by atoms with Gasteiger partial charge in [0.1, 0.15) is 23.3 Å². The van der Waals surface area contributed by atoms with E-state index in [2.05, 4.69) is 30.6 Å². The third-order valence-corrected chi connectivity index (χ3v) is 3.98. The zero-order valence-electron chi connectivity index (χ0n) is 42.4. The second-order valence-electron chi connectivity index (χ2n) is 7.84. The Balaban J connectivity index is -0.0000000134. The van der Waals surface area contributed by atoms with Gasteiger partial charge in [0.2, 0.25) is 0 Å². The standard InChI is InChI=1S/2C10H9N3.2C5H8O2.8CH3O.H2O.11O.2Pd.6V/c2*1-3-7-11-9(5-1)13-10-6-2-4-8-12-10;2*1-4(6)3-5(2)7;8*1-2;;;;;;;;;;;;;;;;;;;;/h2*1-8H,(H,11,12,13);2*3,6H,1-2H3;8*1H3;1H2;;;;;;;;;;;;;;;;;;;/q;;;;8*-1;;11*-2;;;6*+4/p-2/b;;2*4-3-;;;;;;;;;;;;;;;;;;;;;;;;;;;;. The number of nitrogens with one attached hydrogen (secondary N) is 2. The second kappa shape index (κ2) is 179. The van der Waals surface area contributed by atoms with Crippen molar-refractivity contribution in [2.45, 2.75) is 27.7 Å². The van der Waals surface area contributed by atoms with Crippen LogP contribution >= 0.6 is 0 Å². The Kier molecular flexibility index (Phi) is 437. The molecule has 442 valence electrons. The van der Waals surface area contributed by atoms with Gasteiger partial charge in [-0.15, -0.1) is 11.5 Å². The van der Waals surface area contributed by atoms with Crippen molar-refractivity contribution in [1.82, 2.24) is 19.9 Å². The SMILES string of the molecule is CC(=O)/C=C(/C)[O-].CC(=O)/C=C(/C)[O-].C[O-].C[O-].C[O-].C[O-].C[O-].C[O-].C[O-].C[O-].O.[O-2].[O-2].[O-2].[O-2].[O-2].[O-2].[O-2].[O-2].[O-2].[O-2].[O-2].[Pd].[Pd].[V+4].[V+4].[V+4].[V+4].[V+4].[V+4].c1ccc(Nc2ccccn2)nc1.c1ccc(Nc2ccccn2)nc1. The van der Waals surface area contributed by atoms with E-state index in [1.807, 2.05) is 72.8 Å². The van der Waals surface area contributed by atoms with Crippen LogP contribution in [0.2, 0.25) is 0 Å². The summed E-state index contributed by atoms with van der Waals surface area (Å²) in [6.07, 6.45) is 9.08. The van der Waals surface area contributed by atoms with Crippen LogP contribution in [0.15, 0.2) is 121 Å². The van der Waals surface area contributed by atoms with E-state index in [4.69, 9.17) is 40.9 Å². The van der Waals surface area contributed by atoms with E-state index in [1.54, 1.807) is 24.8 Å². The topological polar surface area (TPSA) is 685 Å². The summed E-state index contributed by atoms with van der Waals surface area (Å²) in [5.74, 6) is 2.48. The monoisotopic (exact) mass is 1500 g/mol. The predicted molar refractivity (Wildman–Crippen MR) is 211 cm³/mol. The molecule has 0 bridgehead atoms. The van der Waals surface area contributed by atoms with Gasteiger partial charge in [-0.2, -0.15) is 56.9 Å². The number of ketones is 2. The molecule has 0 aliphatic heterocycles. The Morgan fingerprint density at radius 3 is 0.539 bits per heavy atom. The van der Waals surface area contributed by atoms with Gasteiger partial charge in [-0.3, -0.25) is 9.59 Å². The Morgan fingerprint density at radius 2 is 0.474 bits per heavy atom. The Labute approximate surface area is 544 Å². The number of anilines is 4. The van der Waals surface area contributed by atoms with E-state index in [1.165, 1.54) is 27.7 Å². The zero-order chi connectivity index (χ0) is 45.6. The zero-order valence-corrected chi connectivity index (χ0v) is 53.9. The molecule has 0 atom stereocenters. The van der Waals surface area contributed by atoms with Crippen molar-refractivity contribution in [1.29, 1.82) is 0 Å². The van der Waals surface area contributed by atoms with Gasteiger partial charge in [0.15, 0.2) is 11.6 Å². The predicted octanol–water partition coefficient (Wildman–Crippen LogP) is -6.22. The van der Waals surface area contributed by atoms with Gasteiger partial charge in [-0.1, -0.05) is 38.1 Å². The first kappa shape index (κ1) is 186. The number of hydrogen-bond acceptors (Lipinski definition) is 18. The van der Waals surface area contributed by atoms with Crippen LogP contribution in [-0.4, -0.2) is 93.9 Å². The normalized spacial score (nSPS) is 6.00. The fourth-order valence-corrected chi connectivity index (χ4v) is 2.58. The van der Waals surface area contributed by atoms with E-state index in [0.717, 1.165) is 92.3 Å². The second-order valence-corrected chi connectivity index (χ2v) is 7.84. The number of nitrogens with zero attached hydrogens (tertiary/aromatic N) is 4. The summed E-state index contributed by atoms with van der Waals surface area (Å²) in [5.41, 5.74) is 0. The van der Waals surface area contributed by atoms with E-state index in [0.29, 0.717) is 0 Å².